The molecule has 0 heterocycles. The molecule has 0 amide bonds. The van der Waals surface area contributed by atoms with E-state index in [0.29, 0.717) is 15.8 Å². The van der Waals surface area contributed by atoms with Crippen LogP contribution in [0.15, 0.2) is 34.8 Å². The Morgan fingerprint density at radius 1 is 1.14 bits per heavy atom. The van der Waals surface area contributed by atoms with E-state index < -0.39 is 11.6 Å². The Morgan fingerprint density at radius 3 is 2.48 bits per heavy atom. The van der Waals surface area contributed by atoms with Crippen molar-refractivity contribution in [2.75, 3.05) is 11.1 Å². The Morgan fingerprint density at radius 2 is 1.86 bits per heavy atom. The lowest BCUT2D eigenvalue weighted by atomic mass is 10.2. The smallest absolute Gasteiger partial charge is 0.167 e. The summed E-state index contributed by atoms with van der Waals surface area (Å²) in [6.45, 7) is 3.60. The first-order chi connectivity index (χ1) is 9.86. The molecule has 0 spiro atoms. The van der Waals surface area contributed by atoms with Gasteiger partial charge in [-0.15, -0.1) is 0 Å². The highest BCUT2D eigenvalue weighted by Crippen LogP contribution is 2.31. The fraction of sp³-hybridized carbons (Fsp3) is 0.200. The first-order valence-corrected chi connectivity index (χ1v) is 7.14. The van der Waals surface area contributed by atoms with E-state index >= 15 is 0 Å². The molecule has 0 saturated carbocycles. The number of hydrogen-bond acceptors (Lipinski definition) is 3. The molecule has 0 saturated heterocycles. The van der Waals surface area contributed by atoms with E-state index in [9.17, 15) is 8.78 Å². The van der Waals surface area contributed by atoms with Crippen LogP contribution < -0.4 is 15.8 Å². The number of anilines is 3. The van der Waals surface area contributed by atoms with E-state index in [1.807, 2.05) is 0 Å². The number of nitrogens with one attached hydrogen (secondary N) is 1. The van der Waals surface area contributed by atoms with Gasteiger partial charge in [-0.2, -0.15) is 0 Å². The van der Waals surface area contributed by atoms with Gasteiger partial charge >= 0.3 is 0 Å². The highest BCUT2D eigenvalue weighted by molar-refractivity contribution is 9.10. The van der Waals surface area contributed by atoms with Crippen molar-refractivity contribution >= 4 is 33.0 Å². The van der Waals surface area contributed by atoms with Crippen LogP contribution in [0.25, 0.3) is 0 Å². The van der Waals surface area contributed by atoms with E-state index in [1.54, 1.807) is 26.0 Å². The molecule has 0 atom stereocenters. The molecule has 112 valence electrons. The standard InChI is InChI=1S/C15H15BrF2N2O/c1-8(2)21-15-7-14(13(19)6-12(15)18)20-9-3-4-10(16)11(17)5-9/h3-8,20H,19H2,1-2H3. The lowest BCUT2D eigenvalue weighted by molar-refractivity contribution is 0.231. The van der Waals surface area contributed by atoms with Crippen molar-refractivity contribution in [2.45, 2.75) is 20.0 Å². The Balaban J connectivity index is 2.32. The van der Waals surface area contributed by atoms with Gasteiger partial charge in [-0.05, 0) is 48.0 Å². The van der Waals surface area contributed by atoms with Crippen LogP contribution in [-0.4, -0.2) is 6.10 Å². The van der Waals surface area contributed by atoms with Crippen molar-refractivity contribution in [3.63, 3.8) is 0 Å². The molecule has 0 radical (unpaired) electrons. The Labute approximate surface area is 130 Å². The summed E-state index contributed by atoms with van der Waals surface area (Å²) in [4.78, 5) is 0. The van der Waals surface area contributed by atoms with Crippen molar-refractivity contribution in [1.82, 2.24) is 0 Å². The first-order valence-electron chi connectivity index (χ1n) is 6.34. The summed E-state index contributed by atoms with van der Waals surface area (Å²) in [5.74, 6) is -0.840. The minimum absolute atomic E-state index is 0.0966. The van der Waals surface area contributed by atoms with Gasteiger partial charge in [0.15, 0.2) is 11.6 Å². The van der Waals surface area contributed by atoms with Crippen molar-refractivity contribution in [3.8, 4) is 5.75 Å². The number of rotatable bonds is 4. The molecule has 21 heavy (non-hydrogen) atoms. The fourth-order valence-electron chi connectivity index (χ4n) is 1.75. The molecule has 0 fully saturated rings. The van der Waals surface area contributed by atoms with Crippen LogP contribution in [0.3, 0.4) is 0 Å². The molecule has 2 rings (SSSR count). The Hall–Kier alpha value is -1.82. The SMILES string of the molecule is CC(C)Oc1cc(Nc2ccc(Br)c(F)c2)c(N)cc1F. The molecule has 0 aliphatic rings. The van der Waals surface area contributed by atoms with Gasteiger partial charge in [0.05, 0.1) is 22.0 Å². The molecule has 0 aliphatic carbocycles. The van der Waals surface area contributed by atoms with Gasteiger partial charge < -0.3 is 15.8 Å². The average Bonchev–Trinajstić information content (AvgIpc) is 2.39. The van der Waals surface area contributed by atoms with Gasteiger partial charge in [-0.1, -0.05) is 0 Å². The predicted molar refractivity (Wildman–Crippen MR) is 84.0 cm³/mol. The molecule has 6 heteroatoms. The third kappa shape index (κ3) is 3.85. The predicted octanol–water partition coefficient (Wildman–Crippen LogP) is 4.84. The molecule has 2 aromatic rings. The molecule has 0 aliphatic heterocycles. The summed E-state index contributed by atoms with van der Waals surface area (Å²) in [6.07, 6.45) is -0.166. The second-order valence-electron chi connectivity index (χ2n) is 4.79. The van der Waals surface area contributed by atoms with Gasteiger partial charge in [-0.3, -0.25) is 0 Å². The second-order valence-corrected chi connectivity index (χ2v) is 5.64. The van der Waals surface area contributed by atoms with E-state index in [0.717, 1.165) is 0 Å². The maximum absolute atomic E-state index is 13.7. The average molecular weight is 357 g/mol. The normalized spacial score (nSPS) is 10.8. The molecular formula is C15H15BrF2N2O. The quantitative estimate of drug-likeness (QED) is 0.770. The van der Waals surface area contributed by atoms with Crippen LogP contribution in [-0.2, 0) is 0 Å². The zero-order chi connectivity index (χ0) is 15.6. The lowest BCUT2D eigenvalue weighted by Gasteiger charge is -2.15. The number of hydrogen-bond donors (Lipinski definition) is 2. The maximum atomic E-state index is 13.7. The zero-order valence-electron chi connectivity index (χ0n) is 11.6. The number of ether oxygens (including phenoxy) is 1. The summed E-state index contributed by atoms with van der Waals surface area (Å²) < 4.78 is 33.0. The van der Waals surface area contributed by atoms with Crippen LogP contribution >= 0.6 is 15.9 Å². The Kier molecular flexibility index (Phi) is 4.67. The van der Waals surface area contributed by atoms with E-state index in [2.05, 4.69) is 21.2 Å². The highest BCUT2D eigenvalue weighted by Gasteiger charge is 2.11. The van der Waals surface area contributed by atoms with Crippen molar-refractivity contribution in [3.05, 3.63) is 46.4 Å². The first kappa shape index (κ1) is 15.6. The van der Waals surface area contributed by atoms with Crippen LogP contribution in [0.4, 0.5) is 25.8 Å². The number of halogens is 3. The largest absolute Gasteiger partial charge is 0.488 e. The minimum Gasteiger partial charge on any atom is -0.488 e. The number of nitrogen functional groups attached to an aromatic ring is 1. The van der Waals surface area contributed by atoms with E-state index in [-0.39, 0.29) is 17.5 Å². The van der Waals surface area contributed by atoms with Crippen molar-refractivity contribution < 1.29 is 13.5 Å². The molecule has 0 aromatic heterocycles. The van der Waals surface area contributed by atoms with E-state index in [4.69, 9.17) is 10.5 Å². The minimum atomic E-state index is -0.534. The van der Waals surface area contributed by atoms with Crippen LogP contribution in [0, 0.1) is 11.6 Å². The summed E-state index contributed by atoms with van der Waals surface area (Å²) >= 11 is 3.08. The van der Waals surface area contributed by atoms with Crippen LogP contribution in [0.2, 0.25) is 0 Å². The zero-order valence-corrected chi connectivity index (χ0v) is 13.2. The molecule has 3 nitrogen and oxygen atoms in total. The van der Waals surface area contributed by atoms with Gasteiger partial charge in [-0.25, -0.2) is 8.78 Å². The molecule has 0 unspecified atom stereocenters. The summed E-state index contributed by atoms with van der Waals surface area (Å²) in [5, 5.41) is 2.95. The van der Waals surface area contributed by atoms with Crippen molar-refractivity contribution in [2.24, 2.45) is 0 Å². The van der Waals surface area contributed by atoms with E-state index in [1.165, 1.54) is 18.2 Å². The van der Waals surface area contributed by atoms with Gasteiger partial charge in [0.1, 0.15) is 5.82 Å². The van der Waals surface area contributed by atoms with Crippen LogP contribution in [0.1, 0.15) is 13.8 Å². The van der Waals surface area contributed by atoms with Crippen LogP contribution in [0.5, 0.6) is 5.75 Å². The summed E-state index contributed by atoms with van der Waals surface area (Å²) in [5.41, 5.74) is 6.95. The monoisotopic (exact) mass is 356 g/mol. The third-order valence-electron chi connectivity index (χ3n) is 2.67. The summed E-state index contributed by atoms with van der Waals surface area (Å²) in [7, 11) is 0. The third-order valence-corrected chi connectivity index (χ3v) is 3.31. The molecular weight excluding hydrogens is 342 g/mol. The van der Waals surface area contributed by atoms with Crippen molar-refractivity contribution in [1.29, 1.82) is 0 Å². The van der Waals surface area contributed by atoms with Gasteiger partial charge in [0.2, 0.25) is 0 Å². The number of nitrogens with two attached hydrogens (primary N) is 1. The van der Waals surface area contributed by atoms with Gasteiger partial charge in [0.25, 0.3) is 0 Å². The fourth-order valence-corrected chi connectivity index (χ4v) is 2.00. The van der Waals surface area contributed by atoms with Gasteiger partial charge in [0, 0.05) is 17.8 Å². The maximum Gasteiger partial charge on any atom is 0.167 e. The lowest BCUT2D eigenvalue weighted by Crippen LogP contribution is -2.08. The number of benzene rings is 2. The summed E-state index contributed by atoms with van der Waals surface area (Å²) in [6, 6.07) is 7.21. The second kappa shape index (κ2) is 6.30. The molecule has 2 aromatic carbocycles. The molecule has 0 bridgehead atoms. The topological polar surface area (TPSA) is 47.3 Å². The molecule has 3 N–H and O–H groups in total. The Bertz CT molecular complexity index is 662. The highest BCUT2D eigenvalue weighted by atomic mass is 79.9.